The van der Waals surface area contributed by atoms with Crippen LogP contribution in [0.4, 0.5) is 0 Å². The van der Waals surface area contributed by atoms with Crippen molar-refractivity contribution in [2.45, 2.75) is 58.1 Å². The van der Waals surface area contributed by atoms with Crippen molar-refractivity contribution < 1.29 is 9.53 Å². The molecule has 3 saturated carbocycles. The van der Waals surface area contributed by atoms with Gasteiger partial charge in [-0.2, -0.15) is 0 Å². The summed E-state index contributed by atoms with van der Waals surface area (Å²) in [7, 11) is 0. The Hall–Kier alpha value is -0.570. The molecule has 0 heterocycles. The fourth-order valence-electron chi connectivity index (χ4n) is 3.61. The lowest BCUT2D eigenvalue weighted by Crippen LogP contribution is -2.67. The Balaban J connectivity index is 1.56. The molecule has 1 spiro atoms. The molecule has 0 aromatic heterocycles. The van der Waals surface area contributed by atoms with Crippen molar-refractivity contribution in [3.05, 3.63) is 0 Å². The van der Waals surface area contributed by atoms with Gasteiger partial charge in [-0.1, -0.05) is 13.3 Å². The molecule has 0 aromatic rings. The lowest BCUT2D eigenvalue weighted by atomic mass is 9.51. The molecule has 0 unspecified atom stereocenters. The van der Waals surface area contributed by atoms with Gasteiger partial charge in [0.2, 0.25) is 5.91 Å². The molecule has 3 aliphatic carbocycles. The largest absolute Gasteiger partial charge is 0.378 e. The first-order valence-electron chi connectivity index (χ1n) is 7.09. The van der Waals surface area contributed by atoms with Crippen molar-refractivity contribution in [1.29, 1.82) is 0 Å². The van der Waals surface area contributed by atoms with Crippen molar-refractivity contribution in [2.75, 3.05) is 6.61 Å². The van der Waals surface area contributed by atoms with Gasteiger partial charge >= 0.3 is 0 Å². The standard InChI is InChI=1S/C14H23NO2/c1-3-17-12-8-11(14(12)5-4-6-14)15-13(16)10-7-9(10)2/h9-12H,3-8H2,1-2H3,(H,15,16)/t9-,10-,11+,12-/m1/s1. The van der Waals surface area contributed by atoms with Crippen LogP contribution in [0.1, 0.15) is 46.0 Å². The number of carbonyl (C=O) groups excluding carboxylic acids is 1. The van der Waals surface area contributed by atoms with E-state index in [1.54, 1.807) is 0 Å². The molecule has 0 saturated heterocycles. The zero-order valence-electron chi connectivity index (χ0n) is 10.9. The summed E-state index contributed by atoms with van der Waals surface area (Å²) in [5.41, 5.74) is 0.309. The first-order valence-corrected chi connectivity index (χ1v) is 7.09. The summed E-state index contributed by atoms with van der Waals surface area (Å²) < 4.78 is 5.79. The van der Waals surface area contributed by atoms with E-state index in [4.69, 9.17) is 4.74 Å². The Kier molecular flexibility index (Phi) is 2.69. The van der Waals surface area contributed by atoms with E-state index < -0.39 is 0 Å². The van der Waals surface area contributed by atoms with Crippen LogP contribution in [0.3, 0.4) is 0 Å². The monoisotopic (exact) mass is 237 g/mol. The maximum Gasteiger partial charge on any atom is 0.223 e. The zero-order chi connectivity index (χ0) is 12.0. The minimum absolute atomic E-state index is 0.295. The molecule has 0 bridgehead atoms. The highest BCUT2D eigenvalue weighted by Crippen LogP contribution is 2.57. The molecule has 0 aromatic carbocycles. The number of nitrogens with one attached hydrogen (secondary N) is 1. The molecule has 3 nitrogen and oxygen atoms in total. The van der Waals surface area contributed by atoms with Gasteiger partial charge in [0.1, 0.15) is 0 Å². The lowest BCUT2D eigenvalue weighted by Gasteiger charge is -2.61. The molecule has 96 valence electrons. The summed E-state index contributed by atoms with van der Waals surface area (Å²) in [4.78, 5) is 12.0. The number of rotatable bonds is 4. The number of hydrogen-bond acceptors (Lipinski definition) is 2. The van der Waals surface area contributed by atoms with E-state index in [1.807, 2.05) is 0 Å². The number of ether oxygens (including phenoxy) is 1. The van der Waals surface area contributed by atoms with Crippen molar-refractivity contribution in [3.63, 3.8) is 0 Å². The van der Waals surface area contributed by atoms with E-state index in [9.17, 15) is 4.79 Å². The average Bonchev–Trinajstić information content (AvgIpc) is 2.91. The summed E-state index contributed by atoms with van der Waals surface area (Å²) >= 11 is 0. The normalized spacial score (nSPS) is 41.5. The van der Waals surface area contributed by atoms with Crippen LogP contribution in [-0.4, -0.2) is 24.7 Å². The number of amides is 1. The Bertz CT molecular complexity index is 324. The zero-order valence-corrected chi connectivity index (χ0v) is 10.9. The van der Waals surface area contributed by atoms with Crippen LogP contribution in [0.2, 0.25) is 0 Å². The first kappa shape index (κ1) is 11.5. The first-order chi connectivity index (χ1) is 8.17. The highest BCUT2D eigenvalue weighted by Gasteiger charge is 2.59. The van der Waals surface area contributed by atoms with Crippen LogP contribution in [0, 0.1) is 17.3 Å². The van der Waals surface area contributed by atoms with Gasteiger partial charge in [-0.25, -0.2) is 0 Å². The fraction of sp³-hybridized carbons (Fsp3) is 0.929. The third-order valence-electron chi connectivity index (χ3n) is 5.20. The van der Waals surface area contributed by atoms with Crippen molar-refractivity contribution >= 4 is 5.91 Å². The minimum atomic E-state index is 0.295. The molecule has 3 aliphatic rings. The van der Waals surface area contributed by atoms with Crippen LogP contribution < -0.4 is 5.32 Å². The molecular formula is C14H23NO2. The van der Waals surface area contributed by atoms with Gasteiger partial charge in [-0.15, -0.1) is 0 Å². The minimum Gasteiger partial charge on any atom is -0.378 e. The SMILES string of the molecule is CCO[C@@H]1C[C@H](NC(=O)[C@@H]2C[C@H]2C)C12CCC2. The number of carbonyl (C=O) groups is 1. The molecule has 3 fully saturated rings. The molecule has 1 N–H and O–H groups in total. The predicted octanol–water partition coefficient (Wildman–Crippen LogP) is 2.11. The summed E-state index contributed by atoms with van der Waals surface area (Å²) in [5, 5.41) is 3.27. The topological polar surface area (TPSA) is 38.3 Å². The number of hydrogen-bond donors (Lipinski definition) is 1. The molecule has 0 aliphatic heterocycles. The van der Waals surface area contributed by atoms with Gasteiger partial charge < -0.3 is 10.1 Å². The highest BCUT2D eigenvalue weighted by molar-refractivity contribution is 5.82. The van der Waals surface area contributed by atoms with Crippen LogP contribution >= 0.6 is 0 Å². The van der Waals surface area contributed by atoms with Gasteiger partial charge in [0.15, 0.2) is 0 Å². The van der Waals surface area contributed by atoms with Gasteiger partial charge in [-0.3, -0.25) is 4.79 Å². The third kappa shape index (κ3) is 1.70. The van der Waals surface area contributed by atoms with Gasteiger partial charge in [-0.05, 0) is 38.5 Å². The quantitative estimate of drug-likeness (QED) is 0.813. The van der Waals surface area contributed by atoms with Crippen molar-refractivity contribution in [3.8, 4) is 0 Å². The van der Waals surface area contributed by atoms with Gasteiger partial charge in [0.05, 0.1) is 6.10 Å². The van der Waals surface area contributed by atoms with E-state index >= 15 is 0 Å². The van der Waals surface area contributed by atoms with Crippen LogP contribution in [-0.2, 0) is 9.53 Å². The fourth-order valence-corrected chi connectivity index (χ4v) is 3.61. The summed E-state index contributed by atoms with van der Waals surface area (Å²) in [6, 6.07) is 0.396. The molecule has 0 radical (unpaired) electrons. The van der Waals surface area contributed by atoms with Gasteiger partial charge in [0.25, 0.3) is 0 Å². The Morgan fingerprint density at radius 1 is 1.41 bits per heavy atom. The second-order valence-electron chi connectivity index (χ2n) is 6.15. The van der Waals surface area contributed by atoms with Crippen LogP contribution in [0.25, 0.3) is 0 Å². The third-order valence-corrected chi connectivity index (χ3v) is 5.20. The Labute approximate surface area is 103 Å². The average molecular weight is 237 g/mol. The molecule has 4 atom stereocenters. The smallest absolute Gasteiger partial charge is 0.223 e. The van der Waals surface area contributed by atoms with Crippen LogP contribution in [0.15, 0.2) is 0 Å². The second kappa shape index (κ2) is 3.98. The summed E-state index contributed by atoms with van der Waals surface area (Å²) in [6.07, 6.45) is 6.30. The molecule has 3 rings (SSSR count). The maximum atomic E-state index is 12.0. The van der Waals surface area contributed by atoms with E-state index in [2.05, 4.69) is 19.2 Å². The summed E-state index contributed by atoms with van der Waals surface area (Å²) in [6.45, 7) is 5.02. The molecule has 17 heavy (non-hydrogen) atoms. The molecule has 3 heteroatoms. The molecular weight excluding hydrogens is 214 g/mol. The van der Waals surface area contributed by atoms with E-state index in [0.717, 1.165) is 19.4 Å². The van der Waals surface area contributed by atoms with E-state index in [1.165, 1.54) is 19.3 Å². The van der Waals surface area contributed by atoms with E-state index in [-0.39, 0.29) is 0 Å². The van der Waals surface area contributed by atoms with Crippen molar-refractivity contribution in [2.24, 2.45) is 17.3 Å². The van der Waals surface area contributed by atoms with Crippen molar-refractivity contribution in [1.82, 2.24) is 5.32 Å². The molecule has 1 amide bonds. The maximum absolute atomic E-state index is 12.0. The lowest BCUT2D eigenvalue weighted by molar-refractivity contribution is -0.176. The Morgan fingerprint density at radius 3 is 2.59 bits per heavy atom. The summed E-state index contributed by atoms with van der Waals surface area (Å²) in [5.74, 6) is 1.21. The van der Waals surface area contributed by atoms with E-state index in [0.29, 0.717) is 35.3 Å². The predicted molar refractivity (Wildman–Crippen MR) is 65.5 cm³/mol. The Morgan fingerprint density at radius 2 is 2.12 bits per heavy atom. The van der Waals surface area contributed by atoms with Gasteiger partial charge in [0, 0.05) is 24.0 Å². The van der Waals surface area contributed by atoms with Crippen LogP contribution in [0.5, 0.6) is 0 Å². The highest BCUT2D eigenvalue weighted by atomic mass is 16.5. The second-order valence-corrected chi connectivity index (χ2v) is 6.15.